The highest BCUT2D eigenvalue weighted by Crippen LogP contribution is 2.18. The monoisotopic (exact) mass is 307 g/mol. The Morgan fingerprint density at radius 3 is 2.52 bits per heavy atom. The van der Waals surface area contributed by atoms with E-state index in [1.807, 2.05) is 25.1 Å². The van der Waals surface area contributed by atoms with E-state index in [0.717, 1.165) is 16.7 Å². The van der Waals surface area contributed by atoms with E-state index in [-0.39, 0.29) is 6.03 Å². The van der Waals surface area contributed by atoms with Gasteiger partial charge in [-0.1, -0.05) is 11.6 Å². The van der Waals surface area contributed by atoms with Crippen molar-refractivity contribution in [3.63, 3.8) is 0 Å². The number of nitrogens with zero attached hydrogens (tertiary/aromatic N) is 1. The molecular formula is C18H17N3O2. The minimum Gasteiger partial charge on any atom is -0.497 e. The highest BCUT2D eigenvalue weighted by molar-refractivity contribution is 5.99. The molecule has 0 aliphatic carbocycles. The van der Waals surface area contributed by atoms with Crippen molar-refractivity contribution in [2.24, 2.45) is 0 Å². The second-order valence-corrected chi connectivity index (χ2v) is 5.20. The summed E-state index contributed by atoms with van der Waals surface area (Å²) in [6.07, 6.45) is 0. The fourth-order valence-corrected chi connectivity index (χ4v) is 2.27. The Hall–Kier alpha value is -3.08. The third-order valence-electron chi connectivity index (χ3n) is 3.43. The average molecular weight is 307 g/mol. The van der Waals surface area contributed by atoms with Gasteiger partial charge < -0.3 is 10.1 Å². The minimum atomic E-state index is -0.339. The number of nitrogens with one attached hydrogen (secondary N) is 2. The van der Waals surface area contributed by atoms with E-state index < -0.39 is 0 Å². The molecule has 0 spiro atoms. The molecule has 3 rings (SSSR count). The van der Waals surface area contributed by atoms with Crippen molar-refractivity contribution in [2.75, 3.05) is 17.7 Å². The van der Waals surface area contributed by atoms with Gasteiger partial charge in [0.15, 0.2) is 0 Å². The number of carbonyl (C=O) groups is 1. The highest BCUT2D eigenvalue weighted by Gasteiger charge is 2.05. The quantitative estimate of drug-likeness (QED) is 0.762. The Balaban J connectivity index is 1.70. The summed E-state index contributed by atoms with van der Waals surface area (Å²) in [5.74, 6) is 1.25. The summed E-state index contributed by atoms with van der Waals surface area (Å²) >= 11 is 0. The lowest BCUT2D eigenvalue weighted by Gasteiger charge is -2.08. The van der Waals surface area contributed by atoms with Gasteiger partial charge in [0.25, 0.3) is 0 Å². The first-order chi connectivity index (χ1) is 11.1. The number of ether oxygens (including phenoxy) is 1. The van der Waals surface area contributed by atoms with E-state index in [4.69, 9.17) is 4.74 Å². The minimum absolute atomic E-state index is 0.339. The maximum atomic E-state index is 12.0. The molecule has 2 aromatic carbocycles. The number of aryl methyl sites for hydroxylation is 1. The first-order valence-electron chi connectivity index (χ1n) is 7.23. The van der Waals surface area contributed by atoms with Crippen LogP contribution in [0.4, 0.5) is 16.3 Å². The number of anilines is 2. The molecule has 0 saturated heterocycles. The Kier molecular flexibility index (Phi) is 4.10. The van der Waals surface area contributed by atoms with Gasteiger partial charge in [-0.25, -0.2) is 9.78 Å². The predicted molar refractivity (Wildman–Crippen MR) is 92.1 cm³/mol. The number of carbonyl (C=O) groups excluding carboxylic acids is 1. The molecule has 1 heterocycles. The molecule has 2 N–H and O–H groups in total. The molecule has 0 bridgehead atoms. The number of urea groups is 1. The molecule has 0 radical (unpaired) electrons. The number of fused-ring (bicyclic) bond motifs is 1. The van der Waals surface area contributed by atoms with Crippen molar-refractivity contribution >= 4 is 28.4 Å². The van der Waals surface area contributed by atoms with Crippen LogP contribution in [0.5, 0.6) is 5.75 Å². The van der Waals surface area contributed by atoms with Crippen molar-refractivity contribution in [2.45, 2.75) is 6.92 Å². The summed E-state index contributed by atoms with van der Waals surface area (Å²) in [4.78, 5) is 16.5. The first-order valence-corrected chi connectivity index (χ1v) is 7.23. The van der Waals surface area contributed by atoms with Crippen LogP contribution >= 0.6 is 0 Å². The van der Waals surface area contributed by atoms with Crippen LogP contribution in [0.1, 0.15) is 5.56 Å². The Bertz CT molecular complexity index is 845. The van der Waals surface area contributed by atoms with E-state index in [1.54, 1.807) is 37.4 Å². The molecule has 23 heavy (non-hydrogen) atoms. The zero-order chi connectivity index (χ0) is 16.2. The van der Waals surface area contributed by atoms with Crippen LogP contribution < -0.4 is 15.4 Å². The predicted octanol–water partition coefficient (Wildman–Crippen LogP) is 4.20. The van der Waals surface area contributed by atoms with E-state index >= 15 is 0 Å². The zero-order valence-electron chi connectivity index (χ0n) is 13.0. The molecule has 5 nitrogen and oxygen atoms in total. The summed E-state index contributed by atoms with van der Waals surface area (Å²) in [5.41, 5.74) is 2.70. The van der Waals surface area contributed by atoms with Crippen LogP contribution in [0.15, 0.2) is 54.6 Å². The van der Waals surface area contributed by atoms with Crippen LogP contribution in [-0.2, 0) is 0 Å². The lowest BCUT2D eigenvalue weighted by Crippen LogP contribution is -2.20. The van der Waals surface area contributed by atoms with Crippen molar-refractivity contribution in [1.29, 1.82) is 0 Å². The summed E-state index contributed by atoms with van der Waals surface area (Å²) < 4.78 is 5.08. The van der Waals surface area contributed by atoms with Gasteiger partial charge in [0.2, 0.25) is 0 Å². The Morgan fingerprint density at radius 2 is 1.78 bits per heavy atom. The molecule has 5 heteroatoms. The number of methoxy groups -OCH3 is 1. The highest BCUT2D eigenvalue weighted by atomic mass is 16.5. The number of aromatic nitrogens is 1. The van der Waals surface area contributed by atoms with Gasteiger partial charge in [-0.2, -0.15) is 0 Å². The molecule has 0 unspecified atom stereocenters. The van der Waals surface area contributed by atoms with E-state index in [9.17, 15) is 4.79 Å². The SMILES string of the molecule is COc1ccc(NC(=O)Nc2ccc3cc(C)ccc3n2)cc1. The number of rotatable bonds is 3. The van der Waals surface area contributed by atoms with Crippen molar-refractivity contribution in [1.82, 2.24) is 4.98 Å². The van der Waals surface area contributed by atoms with E-state index in [0.29, 0.717) is 11.5 Å². The number of benzene rings is 2. The molecule has 116 valence electrons. The second kappa shape index (κ2) is 6.36. The normalized spacial score (nSPS) is 10.3. The van der Waals surface area contributed by atoms with Crippen molar-refractivity contribution in [3.05, 3.63) is 60.2 Å². The summed E-state index contributed by atoms with van der Waals surface area (Å²) in [6, 6.07) is 16.5. The van der Waals surface area contributed by atoms with Gasteiger partial charge in [0.05, 0.1) is 12.6 Å². The number of hydrogen-bond donors (Lipinski definition) is 2. The summed E-state index contributed by atoms with van der Waals surface area (Å²) in [5, 5.41) is 6.53. The average Bonchev–Trinajstić information content (AvgIpc) is 2.55. The van der Waals surface area contributed by atoms with E-state index in [2.05, 4.69) is 21.7 Å². The van der Waals surface area contributed by atoms with Gasteiger partial charge in [0.1, 0.15) is 11.6 Å². The third kappa shape index (κ3) is 3.58. The third-order valence-corrected chi connectivity index (χ3v) is 3.43. The fraction of sp³-hybridized carbons (Fsp3) is 0.111. The lowest BCUT2D eigenvalue weighted by molar-refractivity contribution is 0.262. The lowest BCUT2D eigenvalue weighted by atomic mass is 10.1. The number of hydrogen-bond acceptors (Lipinski definition) is 3. The Labute approximate surface area is 134 Å². The molecule has 1 aromatic heterocycles. The van der Waals surface area contributed by atoms with Crippen LogP contribution in [0.25, 0.3) is 10.9 Å². The molecule has 0 saturated carbocycles. The van der Waals surface area contributed by atoms with Gasteiger partial charge in [0, 0.05) is 11.1 Å². The van der Waals surface area contributed by atoms with Gasteiger partial charge in [-0.3, -0.25) is 5.32 Å². The van der Waals surface area contributed by atoms with Crippen molar-refractivity contribution < 1.29 is 9.53 Å². The van der Waals surface area contributed by atoms with Crippen LogP contribution in [0.2, 0.25) is 0 Å². The second-order valence-electron chi connectivity index (χ2n) is 5.20. The molecular weight excluding hydrogens is 290 g/mol. The van der Waals surface area contributed by atoms with Gasteiger partial charge >= 0.3 is 6.03 Å². The standard InChI is InChI=1S/C18H17N3O2/c1-12-3-9-16-13(11-12)4-10-17(20-16)21-18(22)19-14-5-7-15(23-2)8-6-14/h3-11H,1-2H3,(H2,19,20,21,22). The maximum Gasteiger partial charge on any atom is 0.324 e. The van der Waals surface area contributed by atoms with Crippen molar-refractivity contribution in [3.8, 4) is 5.75 Å². The molecule has 0 aliphatic heterocycles. The van der Waals surface area contributed by atoms with E-state index in [1.165, 1.54) is 5.56 Å². The fourth-order valence-electron chi connectivity index (χ4n) is 2.27. The summed E-state index contributed by atoms with van der Waals surface area (Å²) in [7, 11) is 1.60. The largest absolute Gasteiger partial charge is 0.497 e. The molecule has 0 aliphatic rings. The van der Waals surface area contributed by atoms with Gasteiger partial charge in [-0.15, -0.1) is 0 Å². The van der Waals surface area contributed by atoms with Crippen LogP contribution in [0.3, 0.4) is 0 Å². The zero-order valence-corrected chi connectivity index (χ0v) is 13.0. The molecule has 3 aromatic rings. The van der Waals surface area contributed by atoms with Crippen LogP contribution in [0, 0.1) is 6.92 Å². The van der Waals surface area contributed by atoms with Gasteiger partial charge in [-0.05, 0) is 55.5 Å². The Morgan fingerprint density at radius 1 is 1.00 bits per heavy atom. The molecule has 0 fully saturated rings. The topological polar surface area (TPSA) is 63.2 Å². The molecule has 0 atom stereocenters. The summed E-state index contributed by atoms with van der Waals surface area (Å²) in [6.45, 7) is 2.04. The van der Waals surface area contributed by atoms with Crippen LogP contribution in [-0.4, -0.2) is 18.1 Å². The maximum absolute atomic E-state index is 12.0. The first kappa shape index (κ1) is 14.8. The smallest absolute Gasteiger partial charge is 0.324 e. The number of amides is 2. The molecule has 2 amide bonds. The number of pyridine rings is 1.